The molecule has 1 amide bonds. The van der Waals surface area contributed by atoms with Gasteiger partial charge in [0.05, 0.1) is 18.8 Å². The lowest BCUT2D eigenvalue weighted by atomic mass is 9.98. The molecule has 7 heteroatoms. The van der Waals surface area contributed by atoms with Crippen molar-refractivity contribution in [2.75, 3.05) is 19.7 Å². The third kappa shape index (κ3) is 2.96. The predicted octanol–water partition coefficient (Wildman–Crippen LogP) is 2.40. The first-order valence-electron chi connectivity index (χ1n) is 9.18. The van der Waals surface area contributed by atoms with Gasteiger partial charge in [-0.15, -0.1) is 0 Å². The van der Waals surface area contributed by atoms with Gasteiger partial charge in [0.15, 0.2) is 5.69 Å². The Morgan fingerprint density at radius 3 is 3.08 bits per heavy atom. The van der Waals surface area contributed by atoms with Crippen LogP contribution in [-0.4, -0.2) is 52.3 Å². The first-order valence-corrected chi connectivity index (χ1v) is 9.18. The molecule has 2 aliphatic heterocycles. The molecular formula is C19H21N3O4. The Bertz CT molecular complexity index is 804. The van der Waals surface area contributed by atoms with Gasteiger partial charge >= 0.3 is 0 Å². The number of nitrogens with zero attached hydrogens (tertiary/aromatic N) is 3. The van der Waals surface area contributed by atoms with Crippen molar-refractivity contribution in [1.29, 1.82) is 0 Å². The number of likely N-dealkylation sites (tertiary alicyclic amines) is 1. The molecule has 1 spiro atoms. The van der Waals surface area contributed by atoms with E-state index < -0.39 is 0 Å². The first kappa shape index (κ1) is 15.8. The number of hydrogen-bond donors (Lipinski definition) is 0. The second-order valence-electron chi connectivity index (χ2n) is 7.47. The minimum Gasteiger partial charge on any atom is -0.472 e. The number of amides is 1. The van der Waals surface area contributed by atoms with E-state index in [1.165, 1.54) is 0 Å². The molecule has 0 aromatic carbocycles. The molecule has 1 aliphatic carbocycles. The van der Waals surface area contributed by atoms with Gasteiger partial charge in [-0.2, -0.15) is 0 Å². The smallest absolute Gasteiger partial charge is 0.276 e. The van der Waals surface area contributed by atoms with Crippen LogP contribution in [0.3, 0.4) is 0 Å². The fourth-order valence-electron chi connectivity index (χ4n) is 3.88. The number of rotatable bonds is 4. The molecule has 0 N–H and O–H groups in total. The van der Waals surface area contributed by atoms with E-state index in [9.17, 15) is 4.79 Å². The van der Waals surface area contributed by atoms with E-state index in [4.69, 9.17) is 14.0 Å². The molecule has 5 rings (SSSR count). The molecule has 4 heterocycles. The van der Waals surface area contributed by atoms with Crippen molar-refractivity contribution in [3.63, 3.8) is 0 Å². The van der Waals surface area contributed by atoms with E-state index in [-0.39, 0.29) is 17.6 Å². The molecule has 2 aromatic rings. The summed E-state index contributed by atoms with van der Waals surface area (Å²) in [4.78, 5) is 18.7. The van der Waals surface area contributed by atoms with Gasteiger partial charge in [0.2, 0.25) is 5.88 Å². The number of carbonyl (C=O) groups is 1. The van der Waals surface area contributed by atoms with Gasteiger partial charge in [0.1, 0.15) is 11.9 Å². The lowest BCUT2D eigenvalue weighted by Crippen LogP contribution is -2.36. The second-order valence-corrected chi connectivity index (χ2v) is 7.47. The number of pyridine rings is 1. The van der Waals surface area contributed by atoms with Gasteiger partial charge in [0.25, 0.3) is 5.91 Å². The molecule has 0 unspecified atom stereocenters. The van der Waals surface area contributed by atoms with E-state index in [1.807, 2.05) is 23.1 Å². The highest BCUT2D eigenvalue weighted by atomic mass is 16.6. The Hall–Kier alpha value is -2.41. The summed E-state index contributed by atoms with van der Waals surface area (Å²) < 4.78 is 17.3. The van der Waals surface area contributed by atoms with E-state index in [1.54, 1.807) is 12.3 Å². The summed E-state index contributed by atoms with van der Waals surface area (Å²) >= 11 is 0. The molecule has 0 bridgehead atoms. The van der Waals surface area contributed by atoms with Crippen LogP contribution in [0.1, 0.15) is 47.8 Å². The van der Waals surface area contributed by atoms with Gasteiger partial charge in [-0.1, -0.05) is 11.2 Å². The average molecular weight is 355 g/mol. The van der Waals surface area contributed by atoms with E-state index in [2.05, 4.69) is 10.1 Å². The SMILES string of the molecule is O=C(c1cc(C2CC2)on1)N1CC[C@]2(C[C@H](Oc3ccccn3)CO2)C1. The minimum atomic E-state index is -0.321. The quantitative estimate of drug-likeness (QED) is 0.838. The van der Waals surface area contributed by atoms with Crippen molar-refractivity contribution >= 4 is 5.91 Å². The Morgan fingerprint density at radius 1 is 1.35 bits per heavy atom. The molecule has 3 fully saturated rings. The summed E-state index contributed by atoms with van der Waals surface area (Å²) in [6, 6.07) is 7.40. The predicted molar refractivity (Wildman–Crippen MR) is 91.0 cm³/mol. The van der Waals surface area contributed by atoms with E-state index in [0.29, 0.717) is 37.2 Å². The summed E-state index contributed by atoms with van der Waals surface area (Å²) in [7, 11) is 0. The maximum atomic E-state index is 12.7. The van der Waals surface area contributed by atoms with Crippen LogP contribution in [0.25, 0.3) is 0 Å². The molecule has 0 radical (unpaired) electrons. The monoisotopic (exact) mass is 355 g/mol. The lowest BCUT2D eigenvalue weighted by Gasteiger charge is -2.22. The molecule has 26 heavy (non-hydrogen) atoms. The summed E-state index contributed by atoms with van der Waals surface area (Å²) in [5.74, 6) is 1.83. The molecule has 2 atom stereocenters. The van der Waals surface area contributed by atoms with Crippen molar-refractivity contribution in [2.45, 2.75) is 43.3 Å². The largest absolute Gasteiger partial charge is 0.472 e. The Labute approximate surface area is 151 Å². The Balaban J connectivity index is 1.21. The van der Waals surface area contributed by atoms with Crippen molar-refractivity contribution in [3.05, 3.63) is 41.9 Å². The fourth-order valence-corrected chi connectivity index (χ4v) is 3.88. The van der Waals surface area contributed by atoms with Gasteiger partial charge in [0, 0.05) is 37.2 Å². The fraction of sp³-hybridized carbons (Fsp3) is 0.526. The third-order valence-corrected chi connectivity index (χ3v) is 5.43. The standard InChI is InChI=1S/C19H21N3O4/c23-18(15-9-16(26-21-15)13-4-5-13)22-8-6-19(12-22)10-14(11-24-19)25-17-3-1-2-7-20-17/h1-3,7,9,13-14H,4-6,8,10-12H2/t14-,19-/m0/s1. The minimum absolute atomic E-state index is 0.0338. The average Bonchev–Trinajstić information content (AvgIpc) is 3.08. The number of hydrogen-bond acceptors (Lipinski definition) is 6. The Kier molecular flexibility index (Phi) is 3.70. The molecular weight excluding hydrogens is 334 g/mol. The number of ether oxygens (including phenoxy) is 2. The second kappa shape index (κ2) is 6.09. The molecule has 7 nitrogen and oxygen atoms in total. The van der Waals surface area contributed by atoms with Crippen LogP contribution in [0.15, 0.2) is 35.0 Å². The van der Waals surface area contributed by atoms with Crippen LogP contribution < -0.4 is 4.74 Å². The van der Waals surface area contributed by atoms with E-state index >= 15 is 0 Å². The van der Waals surface area contributed by atoms with Crippen molar-refractivity contribution in [1.82, 2.24) is 15.0 Å². The highest BCUT2D eigenvalue weighted by Crippen LogP contribution is 2.41. The van der Waals surface area contributed by atoms with Gasteiger partial charge < -0.3 is 18.9 Å². The van der Waals surface area contributed by atoms with Gasteiger partial charge in [-0.3, -0.25) is 4.79 Å². The zero-order valence-corrected chi connectivity index (χ0v) is 14.5. The number of aromatic nitrogens is 2. The first-order chi connectivity index (χ1) is 12.7. The lowest BCUT2D eigenvalue weighted by molar-refractivity contribution is 0.00975. The zero-order chi connectivity index (χ0) is 17.6. The molecule has 2 aromatic heterocycles. The topological polar surface area (TPSA) is 77.7 Å². The van der Waals surface area contributed by atoms with Crippen LogP contribution >= 0.6 is 0 Å². The van der Waals surface area contributed by atoms with E-state index in [0.717, 1.165) is 31.4 Å². The van der Waals surface area contributed by atoms with Crippen molar-refractivity contribution in [2.24, 2.45) is 0 Å². The van der Waals surface area contributed by atoms with Crippen LogP contribution in [-0.2, 0) is 4.74 Å². The molecule has 136 valence electrons. The third-order valence-electron chi connectivity index (χ3n) is 5.43. The maximum absolute atomic E-state index is 12.7. The maximum Gasteiger partial charge on any atom is 0.276 e. The zero-order valence-electron chi connectivity index (χ0n) is 14.5. The summed E-state index contributed by atoms with van der Waals surface area (Å²) in [5, 5.41) is 3.97. The normalized spacial score (nSPS) is 28.0. The molecule has 1 saturated carbocycles. The summed E-state index contributed by atoms with van der Waals surface area (Å²) in [6.07, 6.45) is 5.51. The molecule has 3 aliphatic rings. The Morgan fingerprint density at radius 2 is 2.27 bits per heavy atom. The van der Waals surface area contributed by atoms with Crippen molar-refractivity contribution < 1.29 is 18.8 Å². The number of carbonyl (C=O) groups excluding carboxylic acids is 1. The van der Waals surface area contributed by atoms with Crippen LogP contribution in [0, 0.1) is 0 Å². The summed E-state index contributed by atoms with van der Waals surface area (Å²) in [6.45, 7) is 1.76. The van der Waals surface area contributed by atoms with Gasteiger partial charge in [-0.05, 0) is 25.3 Å². The van der Waals surface area contributed by atoms with Crippen LogP contribution in [0.4, 0.5) is 0 Å². The highest BCUT2D eigenvalue weighted by molar-refractivity contribution is 5.92. The summed E-state index contributed by atoms with van der Waals surface area (Å²) in [5.41, 5.74) is 0.0845. The molecule has 2 saturated heterocycles. The van der Waals surface area contributed by atoms with Gasteiger partial charge in [-0.25, -0.2) is 4.98 Å². The van der Waals surface area contributed by atoms with Crippen LogP contribution in [0.2, 0.25) is 0 Å². The van der Waals surface area contributed by atoms with Crippen molar-refractivity contribution in [3.8, 4) is 5.88 Å². The highest BCUT2D eigenvalue weighted by Gasteiger charge is 2.48. The van der Waals surface area contributed by atoms with Crippen LogP contribution in [0.5, 0.6) is 5.88 Å².